The molecule has 0 saturated heterocycles. The Kier molecular flexibility index (Phi) is 5.78. The molecule has 0 aliphatic rings. The number of amides is 1. The van der Waals surface area contributed by atoms with Crippen LogP contribution in [0, 0.1) is 13.8 Å². The minimum atomic E-state index is -4.55. The molecule has 0 atom stereocenters. The summed E-state index contributed by atoms with van der Waals surface area (Å²) in [4.78, 5) is 11.9. The number of aromatic nitrogens is 3. The summed E-state index contributed by atoms with van der Waals surface area (Å²) in [6, 6.07) is 10.1. The van der Waals surface area contributed by atoms with E-state index >= 15 is 0 Å². The summed E-state index contributed by atoms with van der Waals surface area (Å²) in [7, 11) is 0. The van der Waals surface area contributed by atoms with Gasteiger partial charge in [0.25, 0.3) is 5.91 Å². The maximum atomic E-state index is 12.5. The number of rotatable bonds is 5. The van der Waals surface area contributed by atoms with E-state index in [1.807, 2.05) is 36.6 Å². The standard InChI is InChI=1S/C19H17ClF3N5O/c1-12-9-14(13(2)28(12)16-5-3-15(20)4-6-16)10-24-25-18(29)11-27-8-7-17(26-27)19(21,22)23/h3-10H,11H2,1-2H3,(H,25,29)/b24-10-. The predicted molar refractivity (Wildman–Crippen MR) is 103 cm³/mol. The molecular weight excluding hydrogens is 407 g/mol. The molecule has 2 aromatic heterocycles. The minimum Gasteiger partial charge on any atom is -0.318 e. The van der Waals surface area contributed by atoms with Crippen molar-refractivity contribution >= 4 is 23.7 Å². The van der Waals surface area contributed by atoms with E-state index in [0.29, 0.717) is 5.02 Å². The Balaban J connectivity index is 1.66. The van der Waals surface area contributed by atoms with E-state index < -0.39 is 17.8 Å². The van der Waals surface area contributed by atoms with Gasteiger partial charge >= 0.3 is 6.18 Å². The lowest BCUT2D eigenvalue weighted by Gasteiger charge is -2.09. The smallest absolute Gasteiger partial charge is 0.318 e. The fourth-order valence-corrected chi connectivity index (χ4v) is 2.99. The van der Waals surface area contributed by atoms with Crippen LogP contribution in [-0.4, -0.2) is 26.5 Å². The summed E-state index contributed by atoms with van der Waals surface area (Å²) >= 11 is 5.93. The largest absolute Gasteiger partial charge is 0.435 e. The van der Waals surface area contributed by atoms with E-state index in [4.69, 9.17) is 11.6 Å². The number of hydrogen-bond donors (Lipinski definition) is 1. The number of benzene rings is 1. The van der Waals surface area contributed by atoms with Crippen LogP contribution in [0.4, 0.5) is 13.2 Å². The van der Waals surface area contributed by atoms with Gasteiger partial charge in [-0.05, 0) is 50.2 Å². The number of nitrogens with zero attached hydrogens (tertiary/aromatic N) is 4. The number of halogens is 4. The second kappa shape index (κ2) is 8.12. The maximum Gasteiger partial charge on any atom is 0.435 e. The zero-order valence-corrected chi connectivity index (χ0v) is 16.3. The first-order chi connectivity index (χ1) is 13.6. The summed E-state index contributed by atoms with van der Waals surface area (Å²) in [5, 5.41) is 7.86. The molecule has 0 fully saturated rings. The molecule has 0 aliphatic heterocycles. The van der Waals surface area contributed by atoms with Crippen LogP contribution in [0.5, 0.6) is 0 Å². The monoisotopic (exact) mass is 423 g/mol. The fraction of sp³-hybridized carbons (Fsp3) is 0.211. The molecule has 0 bridgehead atoms. The van der Waals surface area contributed by atoms with Gasteiger partial charge in [0, 0.05) is 33.9 Å². The first kappa shape index (κ1) is 20.7. The maximum absolute atomic E-state index is 12.5. The van der Waals surface area contributed by atoms with Crippen LogP contribution in [0.3, 0.4) is 0 Å². The second-order valence-corrected chi connectivity index (χ2v) is 6.76. The molecule has 3 rings (SSSR count). The third-order valence-electron chi connectivity index (χ3n) is 4.18. The molecule has 2 heterocycles. The summed E-state index contributed by atoms with van der Waals surface area (Å²) in [5.41, 5.74) is 4.84. The van der Waals surface area contributed by atoms with Crippen molar-refractivity contribution in [2.45, 2.75) is 26.6 Å². The lowest BCUT2D eigenvalue weighted by Crippen LogP contribution is -2.23. The predicted octanol–water partition coefficient (Wildman–Crippen LogP) is 4.11. The lowest BCUT2D eigenvalue weighted by molar-refractivity contribution is -0.141. The summed E-state index contributed by atoms with van der Waals surface area (Å²) < 4.78 is 40.5. The molecule has 29 heavy (non-hydrogen) atoms. The fourth-order valence-electron chi connectivity index (χ4n) is 2.86. The van der Waals surface area contributed by atoms with Gasteiger partial charge in [-0.15, -0.1) is 0 Å². The normalized spacial score (nSPS) is 11.9. The van der Waals surface area contributed by atoms with Crippen molar-refractivity contribution in [3.8, 4) is 5.69 Å². The van der Waals surface area contributed by atoms with Crippen LogP contribution >= 0.6 is 11.6 Å². The van der Waals surface area contributed by atoms with Gasteiger partial charge in [-0.3, -0.25) is 9.48 Å². The topological polar surface area (TPSA) is 64.2 Å². The van der Waals surface area contributed by atoms with Crippen molar-refractivity contribution in [3.63, 3.8) is 0 Å². The Morgan fingerprint density at radius 3 is 2.55 bits per heavy atom. The molecule has 0 radical (unpaired) electrons. The number of carbonyl (C=O) groups is 1. The second-order valence-electron chi connectivity index (χ2n) is 6.33. The Labute approximate surface area is 169 Å². The molecule has 0 saturated carbocycles. The highest BCUT2D eigenvalue weighted by molar-refractivity contribution is 6.30. The molecule has 0 spiro atoms. The third-order valence-corrected chi connectivity index (χ3v) is 4.44. The van der Waals surface area contributed by atoms with E-state index in [0.717, 1.165) is 39.6 Å². The van der Waals surface area contributed by atoms with Crippen LogP contribution in [0.2, 0.25) is 5.02 Å². The zero-order chi connectivity index (χ0) is 21.2. The molecule has 1 N–H and O–H groups in total. The van der Waals surface area contributed by atoms with Gasteiger partial charge in [-0.2, -0.15) is 23.4 Å². The highest BCUT2D eigenvalue weighted by atomic mass is 35.5. The zero-order valence-electron chi connectivity index (χ0n) is 15.5. The SMILES string of the molecule is Cc1cc(/C=N\NC(=O)Cn2ccc(C(F)(F)F)n2)c(C)n1-c1ccc(Cl)cc1. The number of nitrogens with one attached hydrogen (secondary N) is 1. The molecular formula is C19H17ClF3N5O. The van der Waals surface area contributed by atoms with Crippen LogP contribution in [0.25, 0.3) is 5.69 Å². The van der Waals surface area contributed by atoms with E-state index in [1.165, 1.54) is 6.21 Å². The first-order valence-corrected chi connectivity index (χ1v) is 8.90. The Bertz CT molecular complexity index is 1050. The molecule has 10 heteroatoms. The van der Waals surface area contributed by atoms with Crippen molar-refractivity contribution < 1.29 is 18.0 Å². The molecule has 0 aliphatic carbocycles. The van der Waals surface area contributed by atoms with Crippen LogP contribution in [-0.2, 0) is 17.5 Å². The number of hydrogen-bond acceptors (Lipinski definition) is 3. The van der Waals surface area contributed by atoms with Crippen LogP contribution < -0.4 is 5.43 Å². The Hall–Kier alpha value is -3.07. The number of aryl methyl sites for hydroxylation is 1. The molecule has 6 nitrogen and oxygen atoms in total. The highest BCUT2D eigenvalue weighted by Crippen LogP contribution is 2.27. The quantitative estimate of drug-likeness (QED) is 0.495. The summed E-state index contributed by atoms with van der Waals surface area (Å²) in [6.45, 7) is 3.47. The van der Waals surface area contributed by atoms with Gasteiger partial charge in [0.05, 0.1) is 6.21 Å². The van der Waals surface area contributed by atoms with Crippen molar-refractivity contribution in [2.24, 2.45) is 5.10 Å². The van der Waals surface area contributed by atoms with Crippen LogP contribution in [0.15, 0.2) is 47.7 Å². The van der Waals surface area contributed by atoms with Crippen molar-refractivity contribution in [2.75, 3.05) is 0 Å². The molecule has 1 amide bonds. The minimum absolute atomic E-state index is 0.378. The van der Waals surface area contributed by atoms with Gasteiger partial charge in [0.15, 0.2) is 5.69 Å². The van der Waals surface area contributed by atoms with Gasteiger partial charge < -0.3 is 4.57 Å². The van der Waals surface area contributed by atoms with E-state index in [1.54, 1.807) is 12.1 Å². The van der Waals surface area contributed by atoms with Crippen molar-refractivity contribution in [1.29, 1.82) is 0 Å². The highest BCUT2D eigenvalue weighted by Gasteiger charge is 2.33. The number of carbonyl (C=O) groups excluding carboxylic acids is 1. The van der Waals surface area contributed by atoms with Crippen molar-refractivity contribution in [3.05, 3.63) is 70.3 Å². The summed E-state index contributed by atoms with van der Waals surface area (Å²) in [5.74, 6) is -0.593. The van der Waals surface area contributed by atoms with Gasteiger partial charge in [0.2, 0.25) is 0 Å². The average molecular weight is 424 g/mol. The number of hydrazone groups is 1. The third kappa shape index (κ3) is 4.86. The van der Waals surface area contributed by atoms with E-state index in [2.05, 4.69) is 15.6 Å². The molecule has 3 aromatic rings. The van der Waals surface area contributed by atoms with Gasteiger partial charge in [-0.25, -0.2) is 5.43 Å². The molecule has 152 valence electrons. The van der Waals surface area contributed by atoms with Crippen molar-refractivity contribution in [1.82, 2.24) is 19.8 Å². The van der Waals surface area contributed by atoms with E-state index in [-0.39, 0.29) is 6.54 Å². The molecule has 0 unspecified atom stereocenters. The van der Waals surface area contributed by atoms with Crippen LogP contribution in [0.1, 0.15) is 22.6 Å². The molecule has 1 aromatic carbocycles. The van der Waals surface area contributed by atoms with Gasteiger partial charge in [-0.1, -0.05) is 11.6 Å². The van der Waals surface area contributed by atoms with E-state index in [9.17, 15) is 18.0 Å². The van der Waals surface area contributed by atoms with Gasteiger partial charge in [0.1, 0.15) is 6.54 Å². The Morgan fingerprint density at radius 2 is 1.93 bits per heavy atom. The first-order valence-electron chi connectivity index (χ1n) is 8.52. The Morgan fingerprint density at radius 1 is 1.24 bits per heavy atom. The average Bonchev–Trinajstić information content (AvgIpc) is 3.21. The summed E-state index contributed by atoms with van der Waals surface area (Å²) in [6.07, 6.45) is -1.98. The number of alkyl halides is 3. The lowest BCUT2D eigenvalue weighted by atomic mass is 10.2.